The number of nitrogens with one attached hydrogen (secondary N) is 1. The number of carbonyl (C=O) groups excluding carboxylic acids is 1. The van der Waals surface area contributed by atoms with Crippen LogP contribution in [0, 0.1) is 0 Å². The molecule has 2 rings (SSSR count). The van der Waals surface area contributed by atoms with Crippen LogP contribution in [0.3, 0.4) is 0 Å². The van der Waals surface area contributed by atoms with Gasteiger partial charge in [0.15, 0.2) is 5.58 Å². The van der Waals surface area contributed by atoms with E-state index in [9.17, 15) is 9.59 Å². The van der Waals surface area contributed by atoms with Gasteiger partial charge in [0.25, 0.3) is 0 Å². The molecule has 0 saturated heterocycles. The minimum absolute atomic E-state index is 0.0216. The third kappa shape index (κ3) is 5.19. The van der Waals surface area contributed by atoms with Crippen molar-refractivity contribution < 1.29 is 9.21 Å². The van der Waals surface area contributed by atoms with Crippen LogP contribution in [0.2, 0.25) is 0 Å². The Morgan fingerprint density at radius 1 is 1.20 bits per heavy atom. The highest BCUT2D eigenvalue weighted by Gasteiger charge is 2.13. The maximum absolute atomic E-state index is 12.0. The molecule has 0 fully saturated rings. The van der Waals surface area contributed by atoms with E-state index in [2.05, 4.69) is 37.9 Å². The number of amides is 1. The second-order valence-electron chi connectivity index (χ2n) is 6.87. The zero-order valence-corrected chi connectivity index (χ0v) is 15.6. The smallest absolute Gasteiger partial charge is 0.408 e. The number of aryl methyl sites for hydroxylation is 1. The summed E-state index contributed by atoms with van der Waals surface area (Å²) in [6, 6.07) is 8.24. The van der Waals surface area contributed by atoms with E-state index in [4.69, 9.17) is 4.42 Å². The van der Waals surface area contributed by atoms with Crippen LogP contribution in [0.25, 0.3) is 11.1 Å². The summed E-state index contributed by atoms with van der Waals surface area (Å²) in [5.41, 5.74) is 1.36. The molecule has 25 heavy (non-hydrogen) atoms. The highest BCUT2D eigenvalue weighted by Crippen LogP contribution is 2.12. The van der Waals surface area contributed by atoms with Crippen LogP contribution >= 0.6 is 0 Å². The van der Waals surface area contributed by atoms with Gasteiger partial charge in [-0.15, -0.1) is 0 Å². The van der Waals surface area contributed by atoms with E-state index in [0.29, 0.717) is 43.6 Å². The first kappa shape index (κ1) is 19.2. The fourth-order valence-electron chi connectivity index (χ4n) is 3.15. The fourth-order valence-corrected chi connectivity index (χ4v) is 3.15. The Hall–Kier alpha value is -2.08. The third-order valence-corrected chi connectivity index (χ3v) is 4.38. The number of oxazole rings is 1. The van der Waals surface area contributed by atoms with Gasteiger partial charge >= 0.3 is 5.76 Å². The first-order valence-electron chi connectivity index (χ1n) is 9.01. The van der Waals surface area contributed by atoms with Crippen molar-refractivity contribution in [3.05, 3.63) is 34.8 Å². The van der Waals surface area contributed by atoms with Crippen LogP contribution in [-0.4, -0.2) is 40.5 Å². The first-order chi connectivity index (χ1) is 11.9. The molecule has 0 spiro atoms. The summed E-state index contributed by atoms with van der Waals surface area (Å²) in [6.07, 6.45) is 1.00. The van der Waals surface area contributed by atoms with Crippen molar-refractivity contribution >= 4 is 17.0 Å². The predicted octanol–water partition coefficient (Wildman–Crippen LogP) is 2.61. The second kappa shape index (κ2) is 8.85. The van der Waals surface area contributed by atoms with Crippen LogP contribution in [0.15, 0.2) is 33.5 Å². The molecule has 138 valence electrons. The van der Waals surface area contributed by atoms with E-state index in [0.717, 1.165) is 12.1 Å². The van der Waals surface area contributed by atoms with Gasteiger partial charge in [-0.25, -0.2) is 4.79 Å². The van der Waals surface area contributed by atoms with Gasteiger partial charge in [-0.2, -0.15) is 0 Å². The molecule has 1 N–H and O–H groups in total. The van der Waals surface area contributed by atoms with E-state index in [1.807, 2.05) is 18.2 Å². The molecule has 1 aromatic heterocycles. The molecule has 1 amide bonds. The Bertz CT molecular complexity index is 738. The molecule has 0 aliphatic heterocycles. The van der Waals surface area contributed by atoms with Crippen molar-refractivity contribution in [2.75, 3.05) is 13.1 Å². The van der Waals surface area contributed by atoms with E-state index in [-0.39, 0.29) is 11.7 Å². The molecule has 2 aromatic rings. The van der Waals surface area contributed by atoms with Crippen molar-refractivity contribution in [3.63, 3.8) is 0 Å². The van der Waals surface area contributed by atoms with Crippen molar-refractivity contribution in [3.8, 4) is 0 Å². The van der Waals surface area contributed by atoms with E-state index in [1.54, 1.807) is 10.6 Å². The number of rotatable bonds is 9. The summed E-state index contributed by atoms with van der Waals surface area (Å²) in [5, 5.41) is 2.96. The number of carbonyl (C=O) groups is 1. The minimum Gasteiger partial charge on any atom is -0.408 e. The molecule has 0 bridgehead atoms. The molecule has 6 heteroatoms. The summed E-state index contributed by atoms with van der Waals surface area (Å²) in [4.78, 5) is 26.2. The Morgan fingerprint density at radius 3 is 2.56 bits per heavy atom. The van der Waals surface area contributed by atoms with Gasteiger partial charge in [-0.1, -0.05) is 12.1 Å². The Balaban J connectivity index is 1.77. The predicted molar refractivity (Wildman–Crippen MR) is 99.7 cm³/mol. The van der Waals surface area contributed by atoms with Gasteiger partial charge in [-0.05, 0) is 46.2 Å². The molecular formula is C19H29N3O3. The van der Waals surface area contributed by atoms with Crippen LogP contribution in [0.5, 0.6) is 0 Å². The van der Waals surface area contributed by atoms with Gasteiger partial charge in [0.05, 0.1) is 5.52 Å². The maximum Gasteiger partial charge on any atom is 0.419 e. The minimum atomic E-state index is -0.369. The number of benzene rings is 1. The first-order valence-corrected chi connectivity index (χ1v) is 9.01. The molecule has 0 unspecified atom stereocenters. The van der Waals surface area contributed by atoms with Crippen LogP contribution in [-0.2, 0) is 11.3 Å². The number of aromatic nitrogens is 1. The van der Waals surface area contributed by atoms with Gasteiger partial charge in [0.1, 0.15) is 0 Å². The van der Waals surface area contributed by atoms with Gasteiger partial charge in [-0.3, -0.25) is 14.3 Å². The number of para-hydroxylation sites is 2. The number of fused-ring (bicyclic) bond motifs is 1. The average molecular weight is 347 g/mol. The Morgan fingerprint density at radius 2 is 1.88 bits per heavy atom. The molecule has 1 heterocycles. The maximum atomic E-state index is 12.0. The quantitative estimate of drug-likeness (QED) is 0.757. The topological polar surface area (TPSA) is 67.5 Å². The lowest BCUT2D eigenvalue weighted by molar-refractivity contribution is -0.121. The second-order valence-corrected chi connectivity index (χ2v) is 6.87. The molecular weight excluding hydrogens is 318 g/mol. The molecule has 1 aromatic carbocycles. The van der Waals surface area contributed by atoms with E-state index >= 15 is 0 Å². The third-order valence-electron chi connectivity index (χ3n) is 4.38. The summed E-state index contributed by atoms with van der Waals surface area (Å²) < 4.78 is 6.78. The highest BCUT2D eigenvalue weighted by molar-refractivity contribution is 5.76. The summed E-state index contributed by atoms with van der Waals surface area (Å²) in [6.45, 7) is 10.6. The average Bonchev–Trinajstić information content (AvgIpc) is 2.86. The van der Waals surface area contributed by atoms with Gasteiger partial charge < -0.3 is 9.73 Å². The van der Waals surface area contributed by atoms with Crippen molar-refractivity contribution in [2.24, 2.45) is 0 Å². The Labute approximate surface area is 148 Å². The monoisotopic (exact) mass is 347 g/mol. The number of hydrogen-bond acceptors (Lipinski definition) is 4. The van der Waals surface area contributed by atoms with Crippen molar-refractivity contribution in [1.82, 2.24) is 14.8 Å². The lowest BCUT2D eigenvalue weighted by atomic mass is 10.2. The van der Waals surface area contributed by atoms with Gasteiger partial charge in [0, 0.05) is 38.1 Å². The summed E-state index contributed by atoms with van der Waals surface area (Å²) >= 11 is 0. The number of nitrogens with zero attached hydrogens (tertiary/aromatic N) is 2. The zero-order valence-electron chi connectivity index (χ0n) is 15.6. The normalized spacial score (nSPS) is 11.8. The van der Waals surface area contributed by atoms with E-state index < -0.39 is 0 Å². The lowest BCUT2D eigenvalue weighted by Gasteiger charge is -2.30. The van der Waals surface area contributed by atoms with E-state index in [1.165, 1.54) is 0 Å². The Kier molecular flexibility index (Phi) is 6.82. The molecule has 0 aliphatic carbocycles. The molecule has 0 saturated carbocycles. The lowest BCUT2D eigenvalue weighted by Crippen LogP contribution is -2.42. The SMILES string of the molecule is CC(C)N(CCNC(=O)CCCn1c(=O)oc2ccccc21)C(C)C. The molecule has 0 atom stereocenters. The van der Waals surface area contributed by atoms with Crippen LogP contribution in [0.1, 0.15) is 40.5 Å². The summed E-state index contributed by atoms with van der Waals surface area (Å²) in [5.74, 6) is -0.348. The number of hydrogen-bond donors (Lipinski definition) is 1. The zero-order chi connectivity index (χ0) is 18.4. The van der Waals surface area contributed by atoms with Crippen molar-refractivity contribution in [1.29, 1.82) is 0 Å². The van der Waals surface area contributed by atoms with Crippen LogP contribution in [0.4, 0.5) is 0 Å². The fraction of sp³-hybridized carbons (Fsp3) is 0.579. The highest BCUT2D eigenvalue weighted by atomic mass is 16.4. The van der Waals surface area contributed by atoms with Crippen molar-refractivity contribution in [2.45, 2.75) is 59.2 Å². The molecule has 0 aliphatic rings. The summed E-state index contributed by atoms with van der Waals surface area (Å²) in [7, 11) is 0. The van der Waals surface area contributed by atoms with Gasteiger partial charge in [0.2, 0.25) is 5.91 Å². The largest absolute Gasteiger partial charge is 0.419 e. The molecule has 6 nitrogen and oxygen atoms in total. The standard InChI is InChI=1S/C19H29N3O3/c1-14(2)21(15(3)4)13-11-20-18(23)10-7-12-22-16-8-5-6-9-17(16)25-19(22)24/h5-6,8-9,14-15H,7,10-13H2,1-4H3,(H,20,23). The molecule has 0 radical (unpaired) electrons. The van der Waals surface area contributed by atoms with Crippen LogP contribution < -0.4 is 11.1 Å².